The molecule has 0 heterocycles. The molecule has 0 amide bonds. The second kappa shape index (κ2) is 7.44. The number of halogens is 1. The highest BCUT2D eigenvalue weighted by molar-refractivity contribution is 6.30. The minimum atomic E-state index is 0.105. The molecule has 3 atom stereocenters. The zero-order chi connectivity index (χ0) is 14.5. The van der Waals surface area contributed by atoms with Crippen LogP contribution in [0.1, 0.15) is 50.6 Å². The molecule has 0 saturated heterocycles. The van der Waals surface area contributed by atoms with Gasteiger partial charge in [0.05, 0.1) is 0 Å². The average molecular weight is 295 g/mol. The Bertz CT molecular complexity index is 404. The molecule has 0 aromatic heterocycles. The summed E-state index contributed by atoms with van der Waals surface area (Å²) >= 11 is 5.91. The van der Waals surface area contributed by atoms with E-state index in [0.29, 0.717) is 0 Å². The van der Waals surface area contributed by atoms with Gasteiger partial charge in [-0.15, -0.1) is 0 Å². The molecule has 1 aliphatic carbocycles. The Morgan fingerprint density at radius 3 is 2.55 bits per heavy atom. The largest absolute Gasteiger partial charge is 0.324 e. The van der Waals surface area contributed by atoms with E-state index in [1.807, 2.05) is 24.3 Å². The number of benzene rings is 1. The van der Waals surface area contributed by atoms with E-state index in [1.54, 1.807) is 0 Å². The summed E-state index contributed by atoms with van der Waals surface area (Å²) in [5.74, 6) is 0.820. The second-order valence-electron chi connectivity index (χ2n) is 6.26. The lowest BCUT2D eigenvalue weighted by atomic mass is 9.85. The molecule has 1 fully saturated rings. The van der Waals surface area contributed by atoms with Crippen molar-refractivity contribution in [3.8, 4) is 0 Å². The fraction of sp³-hybridized carbons (Fsp3) is 0.647. The van der Waals surface area contributed by atoms with Gasteiger partial charge >= 0.3 is 0 Å². The lowest BCUT2D eigenvalue weighted by Gasteiger charge is -2.36. The highest BCUT2D eigenvalue weighted by atomic mass is 35.5. The normalized spacial score (nSPS) is 24.9. The molecular weight excluding hydrogens is 268 g/mol. The van der Waals surface area contributed by atoms with Gasteiger partial charge in [-0.2, -0.15) is 0 Å². The second-order valence-corrected chi connectivity index (χ2v) is 6.69. The molecule has 3 heteroatoms. The van der Waals surface area contributed by atoms with Crippen LogP contribution in [0.3, 0.4) is 0 Å². The number of hydrogen-bond donors (Lipinski definition) is 1. The predicted molar refractivity (Wildman–Crippen MR) is 87.0 cm³/mol. The Hall–Kier alpha value is -0.570. The van der Waals surface area contributed by atoms with E-state index in [2.05, 4.69) is 18.9 Å². The summed E-state index contributed by atoms with van der Waals surface area (Å²) in [5, 5.41) is 0.772. The van der Waals surface area contributed by atoms with E-state index < -0.39 is 0 Å². The van der Waals surface area contributed by atoms with Crippen LogP contribution in [-0.2, 0) is 0 Å². The Kier molecular flexibility index (Phi) is 5.88. The van der Waals surface area contributed by atoms with Crippen molar-refractivity contribution in [2.24, 2.45) is 11.7 Å². The summed E-state index contributed by atoms with van der Waals surface area (Å²) in [5.41, 5.74) is 7.47. The Morgan fingerprint density at radius 1 is 1.25 bits per heavy atom. The van der Waals surface area contributed by atoms with Crippen LogP contribution in [0.2, 0.25) is 5.02 Å². The minimum Gasteiger partial charge on any atom is -0.324 e. The third kappa shape index (κ3) is 4.21. The van der Waals surface area contributed by atoms with E-state index in [9.17, 15) is 0 Å². The van der Waals surface area contributed by atoms with Gasteiger partial charge < -0.3 is 10.6 Å². The van der Waals surface area contributed by atoms with E-state index in [1.165, 1.54) is 31.2 Å². The van der Waals surface area contributed by atoms with Gasteiger partial charge in [0.25, 0.3) is 0 Å². The van der Waals surface area contributed by atoms with Crippen molar-refractivity contribution in [1.29, 1.82) is 0 Å². The van der Waals surface area contributed by atoms with Gasteiger partial charge in [-0.05, 0) is 56.5 Å². The monoisotopic (exact) mass is 294 g/mol. The highest BCUT2D eigenvalue weighted by Crippen LogP contribution is 2.28. The lowest BCUT2D eigenvalue weighted by Crippen LogP contribution is -2.40. The molecule has 20 heavy (non-hydrogen) atoms. The first-order valence-corrected chi connectivity index (χ1v) is 8.17. The predicted octanol–water partition coefficient (Wildman–Crippen LogP) is 4.24. The number of hydrogen-bond acceptors (Lipinski definition) is 2. The average Bonchev–Trinajstić information content (AvgIpc) is 2.45. The summed E-state index contributed by atoms with van der Waals surface area (Å²) in [6.07, 6.45) is 6.49. The fourth-order valence-electron chi connectivity index (χ4n) is 3.34. The van der Waals surface area contributed by atoms with Gasteiger partial charge in [0.15, 0.2) is 0 Å². The maximum absolute atomic E-state index is 6.29. The molecule has 2 rings (SSSR count). The number of rotatable bonds is 5. The molecular formula is C17H27ClN2. The summed E-state index contributed by atoms with van der Waals surface area (Å²) in [7, 11) is 2.25. The Labute approximate surface area is 128 Å². The van der Waals surface area contributed by atoms with Crippen LogP contribution >= 0.6 is 11.6 Å². The molecule has 0 aliphatic heterocycles. The van der Waals surface area contributed by atoms with Gasteiger partial charge in [0, 0.05) is 17.1 Å². The van der Waals surface area contributed by atoms with Crippen molar-refractivity contribution in [3.63, 3.8) is 0 Å². The summed E-state index contributed by atoms with van der Waals surface area (Å²) in [6, 6.07) is 8.76. The van der Waals surface area contributed by atoms with Crippen molar-refractivity contribution in [2.45, 2.75) is 51.1 Å². The van der Waals surface area contributed by atoms with Crippen LogP contribution in [0.15, 0.2) is 24.3 Å². The first-order valence-electron chi connectivity index (χ1n) is 7.79. The molecule has 1 aromatic carbocycles. The Morgan fingerprint density at radius 2 is 1.90 bits per heavy atom. The Balaban J connectivity index is 1.83. The van der Waals surface area contributed by atoms with Gasteiger partial charge in [-0.3, -0.25) is 0 Å². The smallest absolute Gasteiger partial charge is 0.0406 e. The minimum absolute atomic E-state index is 0.105. The molecule has 1 aliphatic rings. The number of nitrogens with two attached hydrogens (primary N) is 1. The van der Waals surface area contributed by atoms with Gasteiger partial charge in [0.2, 0.25) is 0 Å². The third-order valence-corrected chi connectivity index (χ3v) is 4.98. The van der Waals surface area contributed by atoms with E-state index in [0.717, 1.165) is 29.9 Å². The molecule has 2 N–H and O–H groups in total. The molecule has 0 spiro atoms. The SMILES string of the molecule is CC1CCCCC1N(C)CCC(N)c1ccc(Cl)cc1. The van der Waals surface area contributed by atoms with Crippen LogP contribution in [0, 0.1) is 5.92 Å². The van der Waals surface area contributed by atoms with Crippen molar-refractivity contribution < 1.29 is 0 Å². The van der Waals surface area contributed by atoms with E-state index in [4.69, 9.17) is 17.3 Å². The topological polar surface area (TPSA) is 29.3 Å². The first-order chi connectivity index (χ1) is 9.58. The first kappa shape index (κ1) is 15.8. The molecule has 3 unspecified atom stereocenters. The number of nitrogens with zero attached hydrogens (tertiary/aromatic N) is 1. The van der Waals surface area contributed by atoms with Crippen molar-refractivity contribution in [3.05, 3.63) is 34.9 Å². The summed E-state index contributed by atoms with van der Waals surface area (Å²) < 4.78 is 0. The standard InChI is InChI=1S/C17H27ClN2/c1-13-5-3-4-6-17(13)20(2)12-11-16(19)14-7-9-15(18)10-8-14/h7-10,13,16-17H,3-6,11-12,19H2,1-2H3. The molecule has 0 bridgehead atoms. The maximum atomic E-state index is 6.29. The van der Waals surface area contributed by atoms with Crippen LogP contribution in [0.4, 0.5) is 0 Å². The van der Waals surface area contributed by atoms with Crippen LogP contribution in [-0.4, -0.2) is 24.5 Å². The quantitative estimate of drug-likeness (QED) is 0.880. The van der Waals surface area contributed by atoms with Gasteiger partial charge in [0.1, 0.15) is 0 Å². The van der Waals surface area contributed by atoms with Crippen molar-refractivity contribution in [1.82, 2.24) is 4.90 Å². The van der Waals surface area contributed by atoms with E-state index in [-0.39, 0.29) is 6.04 Å². The maximum Gasteiger partial charge on any atom is 0.0406 e. The lowest BCUT2D eigenvalue weighted by molar-refractivity contribution is 0.136. The fourth-order valence-corrected chi connectivity index (χ4v) is 3.46. The van der Waals surface area contributed by atoms with Crippen molar-refractivity contribution in [2.75, 3.05) is 13.6 Å². The summed E-state index contributed by atoms with van der Waals surface area (Å²) in [6.45, 7) is 3.46. The van der Waals surface area contributed by atoms with E-state index >= 15 is 0 Å². The third-order valence-electron chi connectivity index (χ3n) is 4.72. The zero-order valence-electron chi connectivity index (χ0n) is 12.7. The molecule has 1 saturated carbocycles. The van der Waals surface area contributed by atoms with Crippen molar-refractivity contribution >= 4 is 11.6 Å². The zero-order valence-corrected chi connectivity index (χ0v) is 13.4. The van der Waals surface area contributed by atoms with Gasteiger partial charge in [-0.25, -0.2) is 0 Å². The highest BCUT2D eigenvalue weighted by Gasteiger charge is 2.24. The van der Waals surface area contributed by atoms with Crippen LogP contribution in [0.25, 0.3) is 0 Å². The molecule has 2 nitrogen and oxygen atoms in total. The van der Waals surface area contributed by atoms with Crippen LogP contribution in [0.5, 0.6) is 0 Å². The van der Waals surface area contributed by atoms with Crippen LogP contribution < -0.4 is 5.73 Å². The molecule has 112 valence electrons. The summed E-state index contributed by atoms with van der Waals surface area (Å²) in [4.78, 5) is 2.51. The van der Waals surface area contributed by atoms with Gasteiger partial charge in [-0.1, -0.05) is 43.5 Å². The molecule has 0 radical (unpaired) electrons. The molecule has 1 aromatic rings.